The van der Waals surface area contributed by atoms with E-state index in [0.717, 1.165) is 32.5 Å². The molecule has 0 aromatic heterocycles. The maximum absolute atomic E-state index is 7.57. The van der Waals surface area contributed by atoms with E-state index >= 15 is 0 Å². The van der Waals surface area contributed by atoms with E-state index in [1.807, 2.05) is 0 Å². The summed E-state index contributed by atoms with van der Waals surface area (Å²) >= 11 is 0. The second-order valence-corrected chi connectivity index (χ2v) is 5.45. The number of nitrogens with two attached hydrogens (primary N) is 1. The first-order valence-corrected chi connectivity index (χ1v) is 6.68. The summed E-state index contributed by atoms with van der Waals surface area (Å²) in [7, 11) is 0. The molecule has 3 nitrogen and oxygen atoms in total. The third-order valence-corrected chi connectivity index (χ3v) is 3.92. The predicted octanol–water partition coefficient (Wildman–Crippen LogP) is 2.45. The van der Waals surface area contributed by atoms with E-state index in [4.69, 9.17) is 11.1 Å². The van der Waals surface area contributed by atoms with Gasteiger partial charge in [-0.3, -0.25) is 10.3 Å². The number of nitrogens with one attached hydrogen (secondary N) is 1. The first-order chi connectivity index (χ1) is 8.56. The highest BCUT2D eigenvalue weighted by Crippen LogP contribution is 2.19. The van der Waals surface area contributed by atoms with Gasteiger partial charge in [0.1, 0.15) is 0 Å². The average Bonchev–Trinajstić information content (AvgIpc) is 2.34. The van der Waals surface area contributed by atoms with Crippen molar-refractivity contribution in [3.8, 4) is 0 Å². The Labute approximate surface area is 109 Å². The molecule has 1 saturated heterocycles. The number of hydrogen-bond donors (Lipinski definition) is 2. The molecular weight excluding hydrogens is 222 g/mol. The molecule has 0 aliphatic carbocycles. The van der Waals surface area contributed by atoms with E-state index in [2.05, 4.69) is 36.9 Å². The summed E-state index contributed by atoms with van der Waals surface area (Å²) < 4.78 is 0. The molecule has 0 spiro atoms. The fraction of sp³-hybridized carbons (Fsp3) is 0.533. The smallest absolute Gasteiger partial charge is 0.0949 e. The van der Waals surface area contributed by atoms with Crippen LogP contribution >= 0.6 is 0 Å². The molecule has 2 rings (SSSR count). The van der Waals surface area contributed by atoms with Crippen molar-refractivity contribution in [3.05, 3.63) is 34.9 Å². The number of benzene rings is 1. The highest BCUT2D eigenvalue weighted by Gasteiger charge is 2.21. The second kappa shape index (κ2) is 5.53. The topological polar surface area (TPSA) is 53.1 Å². The van der Waals surface area contributed by atoms with E-state index in [9.17, 15) is 0 Å². The standard InChI is InChI=1S/C15H23N3/c1-11-5-6-13(8-12(11)2)9-18-7-3-4-14(10-18)15(16)17/h5-6,8,14H,3-4,7,9-10H2,1-2H3,(H3,16,17). The van der Waals surface area contributed by atoms with Crippen LogP contribution in [0.4, 0.5) is 0 Å². The van der Waals surface area contributed by atoms with Gasteiger partial charge in [0.15, 0.2) is 0 Å². The van der Waals surface area contributed by atoms with Gasteiger partial charge in [-0.1, -0.05) is 18.2 Å². The molecule has 0 amide bonds. The Kier molecular flexibility index (Phi) is 4.02. The number of amidine groups is 1. The minimum atomic E-state index is 0.255. The van der Waals surface area contributed by atoms with Gasteiger partial charge in [0.2, 0.25) is 0 Å². The lowest BCUT2D eigenvalue weighted by Gasteiger charge is -2.32. The van der Waals surface area contributed by atoms with Crippen LogP contribution in [0, 0.1) is 25.2 Å². The third kappa shape index (κ3) is 3.10. The van der Waals surface area contributed by atoms with Crippen LogP contribution in [0.1, 0.15) is 29.5 Å². The Hall–Kier alpha value is -1.35. The molecule has 1 heterocycles. The monoisotopic (exact) mass is 245 g/mol. The van der Waals surface area contributed by atoms with Crippen LogP contribution in [-0.2, 0) is 6.54 Å². The van der Waals surface area contributed by atoms with Crippen molar-refractivity contribution in [2.24, 2.45) is 11.7 Å². The molecule has 1 atom stereocenters. The van der Waals surface area contributed by atoms with Crippen molar-refractivity contribution in [2.45, 2.75) is 33.2 Å². The molecule has 3 N–H and O–H groups in total. The Bertz CT molecular complexity index is 439. The van der Waals surface area contributed by atoms with Crippen LogP contribution in [0.25, 0.3) is 0 Å². The van der Waals surface area contributed by atoms with Gasteiger partial charge in [0.05, 0.1) is 5.84 Å². The number of hydrogen-bond acceptors (Lipinski definition) is 2. The highest BCUT2D eigenvalue weighted by atomic mass is 15.1. The quantitative estimate of drug-likeness (QED) is 0.635. The fourth-order valence-electron chi connectivity index (χ4n) is 2.61. The Morgan fingerprint density at radius 2 is 2.17 bits per heavy atom. The van der Waals surface area contributed by atoms with E-state index in [1.165, 1.54) is 16.7 Å². The van der Waals surface area contributed by atoms with Gasteiger partial charge in [0, 0.05) is 19.0 Å². The van der Waals surface area contributed by atoms with Crippen LogP contribution in [0.3, 0.4) is 0 Å². The fourth-order valence-corrected chi connectivity index (χ4v) is 2.61. The third-order valence-electron chi connectivity index (χ3n) is 3.92. The van der Waals surface area contributed by atoms with E-state index < -0.39 is 0 Å². The molecule has 3 heteroatoms. The SMILES string of the molecule is Cc1ccc(CN2CCCC(C(=N)N)C2)cc1C. The van der Waals surface area contributed by atoms with E-state index in [1.54, 1.807) is 0 Å². The van der Waals surface area contributed by atoms with Crippen molar-refractivity contribution in [1.29, 1.82) is 5.41 Å². The van der Waals surface area contributed by atoms with E-state index in [-0.39, 0.29) is 5.92 Å². The van der Waals surface area contributed by atoms with Gasteiger partial charge in [-0.15, -0.1) is 0 Å². The van der Waals surface area contributed by atoms with Gasteiger partial charge in [0.25, 0.3) is 0 Å². The minimum absolute atomic E-state index is 0.255. The molecule has 1 aromatic carbocycles. The summed E-state index contributed by atoms with van der Waals surface area (Å²) in [5.41, 5.74) is 9.69. The first-order valence-electron chi connectivity index (χ1n) is 6.68. The van der Waals surface area contributed by atoms with Crippen LogP contribution in [0.15, 0.2) is 18.2 Å². The van der Waals surface area contributed by atoms with Gasteiger partial charge in [-0.2, -0.15) is 0 Å². The van der Waals surface area contributed by atoms with Crippen LogP contribution in [0.2, 0.25) is 0 Å². The van der Waals surface area contributed by atoms with E-state index in [0.29, 0.717) is 5.84 Å². The summed E-state index contributed by atoms with van der Waals surface area (Å²) in [4.78, 5) is 2.42. The molecule has 1 aliphatic heterocycles. The summed E-state index contributed by atoms with van der Waals surface area (Å²) in [5.74, 6) is 0.602. The average molecular weight is 245 g/mol. The molecule has 1 unspecified atom stereocenters. The van der Waals surface area contributed by atoms with Gasteiger partial charge >= 0.3 is 0 Å². The lowest BCUT2D eigenvalue weighted by Crippen LogP contribution is -2.40. The highest BCUT2D eigenvalue weighted by molar-refractivity contribution is 5.79. The number of piperidine rings is 1. The number of likely N-dealkylation sites (tertiary alicyclic amines) is 1. The number of aryl methyl sites for hydroxylation is 2. The van der Waals surface area contributed by atoms with Crippen molar-refractivity contribution in [2.75, 3.05) is 13.1 Å². The van der Waals surface area contributed by atoms with Crippen LogP contribution < -0.4 is 5.73 Å². The first kappa shape index (κ1) is 13.1. The Morgan fingerprint density at radius 3 is 2.83 bits per heavy atom. The number of rotatable bonds is 3. The molecule has 18 heavy (non-hydrogen) atoms. The Morgan fingerprint density at radius 1 is 1.39 bits per heavy atom. The minimum Gasteiger partial charge on any atom is -0.387 e. The second-order valence-electron chi connectivity index (χ2n) is 5.45. The maximum atomic E-state index is 7.57. The van der Waals surface area contributed by atoms with Crippen molar-refractivity contribution < 1.29 is 0 Å². The van der Waals surface area contributed by atoms with Crippen molar-refractivity contribution in [1.82, 2.24) is 4.90 Å². The number of nitrogens with zero attached hydrogens (tertiary/aromatic N) is 1. The molecular formula is C15H23N3. The van der Waals surface area contributed by atoms with Crippen LogP contribution in [-0.4, -0.2) is 23.8 Å². The van der Waals surface area contributed by atoms with Crippen molar-refractivity contribution in [3.63, 3.8) is 0 Å². The molecule has 1 aliphatic rings. The zero-order valence-corrected chi connectivity index (χ0v) is 11.4. The molecule has 98 valence electrons. The molecule has 0 radical (unpaired) electrons. The van der Waals surface area contributed by atoms with Crippen LogP contribution in [0.5, 0.6) is 0 Å². The molecule has 1 aromatic rings. The summed E-state index contributed by atoms with van der Waals surface area (Å²) in [5, 5.41) is 7.57. The molecule has 1 fully saturated rings. The molecule has 0 bridgehead atoms. The Balaban J connectivity index is 2.00. The molecule has 0 saturated carbocycles. The van der Waals surface area contributed by atoms with Gasteiger partial charge in [-0.05, 0) is 49.9 Å². The summed E-state index contributed by atoms with van der Waals surface area (Å²) in [6.45, 7) is 7.34. The van der Waals surface area contributed by atoms with Gasteiger partial charge in [-0.25, -0.2) is 0 Å². The normalized spacial score (nSPS) is 20.9. The largest absolute Gasteiger partial charge is 0.387 e. The lowest BCUT2D eigenvalue weighted by molar-refractivity contribution is 0.196. The maximum Gasteiger partial charge on any atom is 0.0949 e. The predicted molar refractivity (Wildman–Crippen MR) is 75.8 cm³/mol. The summed E-state index contributed by atoms with van der Waals surface area (Å²) in [6, 6.07) is 6.67. The zero-order valence-electron chi connectivity index (χ0n) is 11.4. The zero-order chi connectivity index (χ0) is 13.1. The van der Waals surface area contributed by atoms with Crippen molar-refractivity contribution >= 4 is 5.84 Å². The lowest BCUT2D eigenvalue weighted by atomic mass is 9.96. The van der Waals surface area contributed by atoms with Gasteiger partial charge < -0.3 is 5.73 Å². The summed E-state index contributed by atoms with van der Waals surface area (Å²) in [6.07, 6.45) is 2.22.